The standard InChI is InChI=1S/C14H26N2O7/c1-16(2,3)8-6-4-5-7-12(17)21-10-15-9-13(18)22-11-23-14(19)20/h15H,4-11H2,1-3H3/p+1. The van der Waals surface area contributed by atoms with Crippen molar-refractivity contribution < 1.29 is 38.2 Å². The van der Waals surface area contributed by atoms with E-state index in [-0.39, 0.29) is 19.2 Å². The number of hydrogen-bond acceptors (Lipinski definition) is 7. The van der Waals surface area contributed by atoms with Crippen molar-refractivity contribution >= 4 is 18.1 Å². The number of nitrogens with zero attached hydrogens (tertiary/aromatic N) is 1. The van der Waals surface area contributed by atoms with Crippen LogP contribution in [0.3, 0.4) is 0 Å². The third-order valence-corrected chi connectivity index (χ3v) is 2.72. The largest absolute Gasteiger partial charge is 0.508 e. The molecule has 0 amide bonds. The third kappa shape index (κ3) is 16.3. The highest BCUT2D eigenvalue weighted by Gasteiger charge is 2.08. The molecule has 9 heteroatoms. The molecule has 2 N–H and O–H groups in total. The highest BCUT2D eigenvalue weighted by molar-refractivity contribution is 5.72. The Morgan fingerprint density at radius 2 is 1.65 bits per heavy atom. The molecule has 0 atom stereocenters. The van der Waals surface area contributed by atoms with Crippen molar-refractivity contribution in [2.24, 2.45) is 0 Å². The Morgan fingerprint density at radius 3 is 2.26 bits per heavy atom. The zero-order chi connectivity index (χ0) is 17.7. The number of ether oxygens (including phenoxy) is 3. The van der Waals surface area contributed by atoms with Crippen LogP contribution in [0.5, 0.6) is 0 Å². The van der Waals surface area contributed by atoms with Crippen molar-refractivity contribution in [3.63, 3.8) is 0 Å². The Balaban J connectivity index is 3.46. The van der Waals surface area contributed by atoms with E-state index in [0.717, 1.165) is 30.3 Å². The Labute approximate surface area is 136 Å². The fourth-order valence-electron chi connectivity index (χ4n) is 1.59. The van der Waals surface area contributed by atoms with Crippen LogP contribution in [-0.2, 0) is 23.8 Å². The van der Waals surface area contributed by atoms with E-state index in [9.17, 15) is 14.4 Å². The first-order valence-corrected chi connectivity index (χ1v) is 7.39. The summed E-state index contributed by atoms with van der Waals surface area (Å²) in [5.74, 6) is -1.03. The SMILES string of the molecule is C[N+](C)(C)CCCCCC(=O)OCNCC(=O)OCOC(=O)O. The van der Waals surface area contributed by atoms with Gasteiger partial charge in [0.2, 0.25) is 6.79 Å². The van der Waals surface area contributed by atoms with E-state index in [1.807, 2.05) is 0 Å². The minimum atomic E-state index is -1.53. The Bertz CT molecular complexity index is 380. The normalized spacial score (nSPS) is 10.9. The number of nitrogens with one attached hydrogen (secondary N) is 1. The molecule has 0 aromatic heterocycles. The van der Waals surface area contributed by atoms with Gasteiger partial charge in [0.15, 0.2) is 0 Å². The van der Waals surface area contributed by atoms with Gasteiger partial charge in [-0.15, -0.1) is 0 Å². The topological polar surface area (TPSA) is 111 Å². The van der Waals surface area contributed by atoms with Crippen LogP contribution in [0.1, 0.15) is 25.7 Å². The summed E-state index contributed by atoms with van der Waals surface area (Å²) in [5, 5.41) is 10.7. The molecule has 0 unspecified atom stereocenters. The van der Waals surface area contributed by atoms with Gasteiger partial charge in [-0.3, -0.25) is 14.9 Å². The molecule has 0 rings (SSSR count). The maximum Gasteiger partial charge on any atom is 0.508 e. The fourth-order valence-corrected chi connectivity index (χ4v) is 1.59. The molecule has 23 heavy (non-hydrogen) atoms. The van der Waals surface area contributed by atoms with E-state index in [1.165, 1.54) is 0 Å². The van der Waals surface area contributed by atoms with E-state index in [4.69, 9.17) is 9.84 Å². The molecule has 0 radical (unpaired) electrons. The first-order chi connectivity index (χ1) is 10.7. The maximum absolute atomic E-state index is 11.4. The summed E-state index contributed by atoms with van der Waals surface area (Å²) in [7, 11) is 6.37. The van der Waals surface area contributed by atoms with Crippen LogP contribution >= 0.6 is 0 Å². The lowest BCUT2D eigenvalue weighted by molar-refractivity contribution is -0.870. The van der Waals surface area contributed by atoms with Gasteiger partial charge in [-0.05, 0) is 19.3 Å². The van der Waals surface area contributed by atoms with Gasteiger partial charge in [-0.25, -0.2) is 4.79 Å². The Morgan fingerprint density at radius 1 is 0.957 bits per heavy atom. The number of unbranched alkanes of at least 4 members (excludes halogenated alkanes) is 2. The van der Waals surface area contributed by atoms with Gasteiger partial charge in [0.05, 0.1) is 34.2 Å². The van der Waals surface area contributed by atoms with Crippen molar-refractivity contribution in [1.29, 1.82) is 0 Å². The fraction of sp³-hybridized carbons (Fsp3) is 0.786. The average molecular weight is 335 g/mol. The van der Waals surface area contributed by atoms with Crippen LogP contribution in [0.4, 0.5) is 4.79 Å². The molecule has 0 aliphatic heterocycles. The van der Waals surface area contributed by atoms with Gasteiger partial charge < -0.3 is 23.8 Å². The molecule has 0 aliphatic carbocycles. The summed E-state index contributed by atoms with van der Waals surface area (Å²) in [6.45, 7) is 0.0829. The van der Waals surface area contributed by atoms with Crippen molar-refractivity contribution in [2.45, 2.75) is 25.7 Å². The lowest BCUT2D eigenvalue weighted by Crippen LogP contribution is -2.35. The molecule has 9 nitrogen and oxygen atoms in total. The molecule has 0 bridgehead atoms. The average Bonchev–Trinajstić information content (AvgIpc) is 2.41. The van der Waals surface area contributed by atoms with E-state index in [2.05, 4.69) is 35.9 Å². The van der Waals surface area contributed by atoms with Crippen molar-refractivity contribution in [3.05, 3.63) is 0 Å². The zero-order valence-corrected chi connectivity index (χ0v) is 14.0. The van der Waals surface area contributed by atoms with Crippen LogP contribution in [0.25, 0.3) is 0 Å². The van der Waals surface area contributed by atoms with Gasteiger partial charge in [0.25, 0.3) is 0 Å². The van der Waals surface area contributed by atoms with Crippen LogP contribution in [0.2, 0.25) is 0 Å². The second-order valence-corrected chi connectivity index (χ2v) is 5.96. The number of hydrogen-bond donors (Lipinski definition) is 2. The predicted octanol–water partition coefficient (Wildman–Crippen LogP) is 0.539. The number of carbonyl (C=O) groups is 3. The molecule has 0 aromatic rings. The lowest BCUT2D eigenvalue weighted by atomic mass is 10.2. The Kier molecular flexibility index (Phi) is 10.7. The number of quaternary nitrogens is 1. The van der Waals surface area contributed by atoms with E-state index >= 15 is 0 Å². The van der Waals surface area contributed by atoms with Crippen molar-refractivity contribution in [1.82, 2.24) is 5.32 Å². The summed E-state index contributed by atoms with van der Waals surface area (Å²) in [5.41, 5.74) is 0. The number of carboxylic acid groups (broad SMARTS) is 1. The van der Waals surface area contributed by atoms with Gasteiger partial charge >= 0.3 is 18.1 Å². The first kappa shape index (κ1) is 21.1. The maximum atomic E-state index is 11.4. The summed E-state index contributed by atoms with van der Waals surface area (Å²) < 4.78 is 14.2. The minimum Gasteiger partial charge on any atom is -0.450 e. The summed E-state index contributed by atoms with van der Waals surface area (Å²) in [4.78, 5) is 32.5. The van der Waals surface area contributed by atoms with Gasteiger partial charge in [-0.1, -0.05) is 0 Å². The summed E-state index contributed by atoms with van der Waals surface area (Å²) >= 11 is 0. The quantitative estimate of drug-likeness (QED) is 0.230. The summed E-state index contributed by atoms with van der Waals surface area (Å²) in [6.07, 6.45) is 1.61. The van der Waals surface area contributed by atoms with E-state index < -0.39 is 18.9 Å². The third-order valence-electron chi connectivity index (χ3n) is 2.72. The van der Waals surface area contributed by atoms with E-state index in [0.29, 0.717) is 6.42 Å². The monoisotopic (exact) mass is 335 g/mol. The van der Waals surface area contributed by atoms with Gasteiger partial charge in [0.1, 0.15) is 6.73 Å². The van der Waals surface area contributed by atoms with Gasteiger partial charge in [0, 0.05) is 6.42 Å². The predicted molar refractivity (Wildman–Crippen MR) is 80.4 cm³/mol. The van der Waals surface area contributed by atoms with Crippen molar-refractivity contribution in [3.8, 4) is 0 Å². The van der Waals surface area contributed by atoms with Crippen LogP contribution in [0, 0.1) is 0 Å². The minimum absolute atomic E-state index is 0.105. The van der Waals surface area contributed by atoms with Crippen molar-refractivity contribution in [2.75, 3.05) is 47.8 Å². The number of rotatable bonds is 12. The van der Waals surface area contributed by atoms with E-state index in [1.54, 1.807) is 0 Å². The number of carbonyl (C=O) groups excluding carboxylic acids is 2. The molecule has 0 fully saturated rings. The molecule has 0 saturated carbocycles. The highest BCUT2D eigenvalue weighted by Crippen LogP contribution is 2.04. The van der Waals surface area contributed by atoms with Crippen LogP contribution in [0.15, 0.2) is 0 Å². The van der Waals surface area contributed by atoms with Gasteiger partial charge in [-0.2, -0.15) is 0 Å². The second kappa shape index (κ2) is 11.7. The molecule has 0 aliphatic rings. The molecular formula is C14H27N2O7+. The molecule has 0 spiro atoms. The smallest absolute Gasteiger partial charge is 0.450 e. The highest BCUT2D eigenvalue weighted by atomic mass is 16.7. The molecular weight excluding hydrogens is 308 g/mol. The Hall–Kier alpha value is -1.87. The first-order valence-electron chi connectivity index (χ1n) is 7.39. The number of esters is 2. The molecule has 134 valence electrons. The summed E-state index contributed by atoms with van der Waals surface area (Å²) in [6, 6.07) is 0. The lowest BCUT2D eigenvalue weighted by Gasteiger charge is -2.23. The zero-order valence-electron chi connectivity index (χ0n) is 14.0. The van der Waals surface area contributed by atoms with Crippen LogP contribution in [-0.4, -0.2) is 75.4 Å². The second-order valence-electron chi connectivity index (χ2n) is 5.96. The molecule has 0 saturated heterocycles. The molecule has 0 heterocycles. The molecule has 0 aromatic carbocycles. The van der Waals surface area contributed by atoms with Crippen LogP contribution < -0.4 is 5.32 Å².